The van der Waals surface area contributed by atoms with Crippen LogP contribution in [0.3, 0.4) is 0 Å². The largest absolute Gasteiger partial charge is 0.399 e. The van der Waals surface area contributed by atoms with Crippen molar-refractivity contribution in [3.8, 4) is 0 Å². The van der Waals surface area contributed by atoms with Crippen LogP contribution in [0.4, 0.5) is 17.1 Å². The van der Waals surface area contributed by atoms with Crippen LogP contribution in [-0.2, 0) is 6.54 Å². The Morgan fingerprint density at radius 1 is 1.08 bits per heavy atom. The summed E-state index contributed by atoms with van der Waals surface area (Å²) in [6.07, 6.45) is 2.04. The van der Waals surface area contributed by atoms with Gasteiger partial charge in [-0.05, 0) is 55.8 Å². The van der Waals surface area contributed by atoms with Crippen LogP contribution < -0.4 is 21.7 Å². The Balaban J connectivity index is 1.63. The number of aliphatic imine (C=N–C) groups is 1. The van der Waals surface area contributed by atoms with Crippen molar-refractivity contribution in [2.75, 3.05) is 24.1 Å². The Labute approximate surface area is 142 Å². The molecule has 2 aromatic rings. The van der Waals surface area contributed by atoms with E-state index in [9.17, 15) is 0 Å². The molecular formula is C19H23N5. The molecule has 0 bridgehead atoms. The molecule has 124 valence electrons. The number of piperidine rings is 1. The Kier molecular flexibility index (Phi) is 3.86. The van der Waals surface area contributed by atoms with Gasteiger partial charge in [0.2, 0.25) is 0 Å². The number of anilines is 2. The smallest absolute Gasteiger partial charge is 0.128 e. The molecule has 2 aliphatic heterocycles. The van der Waals surface area contributed by atoms with Crippen LogP contribution >= 0.6 is 0 Å². The maximum Gasteiger partial charge on any atom is 0.128 e. The van der Waals surface area contributed by atoms with Crippen LogP contribution in [0.1, 0.15) is 18.4 Å². The highest BCUT2D eigenvalue weighted by atomic mass is 15.2. The van der Waals surface area contributed by atoms with Crippen molar-refractivity contribution < 1.29 is 0 Å². The first-order chi connectivity index (χ1) is 11.8. The zero-order chi connectivity index (χ0) is 16.4. The Morgan fingerprint density at radius 3 is 2.75 bits per heavy atom. The minimum absolute atomic E-state index is 0.111. The molecule has 1 saturated heterocycles. The van der Waals surface area contributed by atoms with E-state index in [2.05, 4.69) is 40.2 Å². The highest BCUT2D eigenvalue weighted by Gasteiger charge is 2.40. The van der Waals surface area contributed by atoms with E-state index in [0.717, 1.165) is 55.4 Å². The van der Waals surface area contributed by atoms with E-state index in [1.165, 1.54) is 5.56 Å². The number of nitrogen functional groups attached to an aromatic ring is 1. The molecule has 0 radical (unpaired) electrons. The molecule has 24 heavy (non-hydrogen) atoms. The third-order valence-corrected chi connectivity index (χ3v) is 4.83. The van der Waals surface area contributed by atoms with Gasteiger partial charge < -0.3 is 21.7 Å². The average molecular weight is 321 g/mol. The zero-order valence-electron chi connectivity index (χ0n) is 13.7. The normalized spacial score (nSPS) is 18.4. The third kappa shape index (κ3) is 2.83. The summed E-state index contributed by atoms with van der Waals surface area (Å²) in [6.45, 7) is 2.71. The number of rotatable bonds is 2. The second kappa shape index (κ2) is 6.17. The predicted molar refractivity (Wildman–Crippen MR) is 99.7 cm³/mol. The maximum atomic E-state index is 5.89. The Morgan fingerprint density at radius 2 is 1.92 bits per heavy atom. The van der Waals surface area contributed by atoms with E-state index >= 15 is 0 Å². The Bertz CT molecular complexity index is 762. The van der Waals surface area contributed by atoms with E-state index < -0.39 is 0 Å². The van der Waals surface area contributed by atoms with Gasteiger partial charge in [-0.25, -0.2) is 4.99 Å². The monoisotopic (exact) mass is 321 g/mol. The summed E-state index contributed by atoms with van der Waals surface area (Å²) < 4.78 is 0. The average Bonchev–Trinajstić information content (AvgIpc) is 2.61. The molecule has 0 amide bonds. The van der Waals surface area contributed by atoms with E-state index in [-0.39, 0.29) is 5.54 Å². The summed E-state index contributed by atoms with van der Waals surface area (Å²) in [6, 6.07) is 16.2. The van der Waals surface area contributed by atoms with Crippen molar-refractivity contribution in [2.24, 2.45) is 4.99 Å². The van der Waals surface area contributed by atoms with E-state index in [0.29, 0.717) is 0 Å². The number of nitrogens with two attached hydrogens (primary N) is 1. The van der Waals surface area contributed by atoms with E-state index in [1.54, 1.807) is 0 Å². The lowest BCUT2D eigenvalue weighted by Gasteiger charge is -2.43. The van der Waals surface area contributed by atoms with Crippen LogP contribution in [0, 0.1) is 0 Å². The topological polar surface area (TPSA) is 74.5 Å². The lowest BCUT2D eigenvalue weighted by molar-refractivity contribution is 0.412. The number of amidine groups is 1. The quantitative estimate of drug-likeness (QED) is 0.642. The van der Waals surface area contributed by atoms with Gasteiger partial charge in [-0.15, -0.1) is 0 Å². The predicted octanol–water partition coefficient (Wildman–Crippen LogP) is 2.64. The van der Waals surface area contributed by atoms with E-state index in [1.807, 2.05) is 24.3 Å². The molecule has 2 aromatic carbocycles. The Hall–Kier alpha value is -2.53. The molecule has 2 aliphatic rings. The summed E-state index contributed by atoms with van der Waals surface area (Å²) in [7, 11) is 0. The SMILES string of the molecule is Nc1cccc(CNC2=Nc3ccccc3NC23CCNCC3)c1. The standard InChI is InChI=1S/C19H23N5/c20-15-5-3-4-14(12-15)13-22-18-19(8-10-21-11-9-19)24-17-7-2-1-6-16(17)23-18/h1-7,12,21,24H,8-11,13,20H2,(H,22,23). The van der Waals surface area contributed by atoms with Crippen molar-refractivity contribution in [3.63, 3.8) is 0 Å². The molecule has 5 heteroatoms. The van der Waals surface area contributed by atoms with Crippen LogP contribution in [-0.4, -0.2) is 24.5 Å². The number of nitrogens with zero attached hydrogens (tertiary/aromatic N) is 1. The molecule has 0 unspecified atom stereocenters. The molecule has 0 aliphatic carbocycles. The number of para-hydroxylation sites is 2. The van der Waals surface area contributed by atoms with Gasteiger partial charge in [0, 0.05) is 12.2 Å². The lowest BCUT2D eigenvalue weighted by Crippen LogP contribution is -2.58. The number of hydrogen-bond acceptors (Lipinski definition) is 5. The van der Waals surface area contributed by atoms with Crippen molar-refractivity contribution in [1.82, 2.24) is 10.6 Å². The van der Waals surface area contributed by atoms with Crippen LogP contribution in [0.15, 0.2) is 53.5 Å². The third-order valence-electron chi connectivity index (χ3n) is 4.83. The first-order valence-electron chi connectivity index (χ1n) is 8.51. The lowest BCUT2D eigenvalue weighted by atomic mass is 9.85. The molecular weight excluding hydrogens is 298 g/mol. The molecule has 0 saturated carbocycles. The van der Waals surface area contributed by atoms with Gasteiger partial charge in [0.15, 0.2) is 0 Å². The van der Waals surface area contributed by atoms with Crippen LogP contribution in [0.2, 0.25) is 0 Å². The fourth-order valence-electron chi connectivity index (χ4n) is 3.53. The van der Waals surface area contributed by atoms with Gasteiger partial charge in [-0.3, -0.25) is 0 Å². The van der Waals surface area contributed by atoms with Gasteiger partial charge in [0.05, 0.1) is 16.9 Å². The summed E-state index contributed by atoms with van der Waals surface area (Å²) in [4.78, 5) is 4.94. The minimum Gasteiger partial charge on any atom is -0.399 e. The fraction of sp³-hybridized carbons (Fsp3) is 0.316. The van der Waals surface area contributed by atoms with Crippen molar-refractivity contribution in [3.05, 3.63) is 54.1 Å². The summed E-state index contributed by atoms with van der Waals surface area (Å²) in [5.74, 6) is 1.03. The molecule has 1 spiro atoms. The van der Waals surface area contributed by atoms with E-state index in [4.69, 9.17) is 10.7 Å². The first kappa shape index (κ1) is 15.0. The minimum atomic E-state index is -0.111. The number of fused-ring (bicyclic) bond motifs is 1. The van der Waals surface area contributed by atoms with Crippen molar-refractivity contribution in [1.29, 1.82) is 0 Å². The highest BCUT2D eigenvalue weighted by Crippen LogP contribution is 2.36. The second-order valence-electron chi connectivity index (χ2n) is 6.53. The molecule has 0 aromatic heterocycles. The first-order valence-corrected chi connectivity index (χ1v) is 8.51. The molecule has 5 N–H and O–H groups in total. The van der Waals surface area contributed by atoms with Crippen molar-refractivity contribution in [2.45, 2.75) is 24.9 Å². The summed E-state index contributed by atoms with van der Waals surface area (Å²) >= 11 is 0. The number of nitrogens with one attached hydrogen (secondary N) is 3. The van der Waals surface area contributed by atoms with Crippen molar-refractivity contribution >= 4 is 22.9 Å². The molecule has 4 rings (SSSR count). The zero-order valence-corrected chi connectivity index (χ0v) is 13.7. The highest BCUT2D eigenvalue weighted by molar-refractivity contribution is 6.00. The van der Waals surface area contributed by atoms with Crippen LogP contribution in [0.5, 0.6) is 0 Å². The van der Waals surface area contributed by atoms with Crippen LogP contribution in [0.25, 0.3) is 0 Å². The van der Waals surface area contributed by atoms with Gasteiger partial charge in [0.1, 0.15) is 5.84 Å². The number of benzene rings is 2. The maximum absolute atomic E-state index is 5.89. The van der Waals surface area contributed by atoms with Gasteiger partial charge >= 0.3 is 0 Å². The fourth-order valence-corrected chi connectivity index (χ4v) is 3.53. The summed E-state index contributed by atoms with van der Waals surface area (Å²) in [5, 5.41) is 10.8. The molecule has 2 heterocycles. The number of hydrogen-bond donors (Lipinski definition) is 4. The molecule has 5 nitrogen and oxygen atoms in total. The molecule has 1 fully saturated rings. The van der Waals surface area contributed by atoms with Gasteiger partial charge in [-0.1, -0.05) is 24.3 Å². The second-order valence-corrected chi connectivity index (χ2v) is 6.53. The molecule has 0 atom stereocenters. The van der Waals surface area contributed by atoms with Gasteiger partial charge in [-0.2, -0.15) is 0 Å². The summed E-state index contributed by atoms with van der Waals surface area (Å²) in [5.41, 5.74) is 9.85. The van der Waals surface area contributed by atoms with Gasteiger partial charge in [0.25, 0.3) is 0 Å².